The van der Waals surface area contributed by atoms with E-state index in [1.54, 1.807) is 29.4 Å². The molecule has 2 atom stereocenters. The molecule has 5 rings (SSSR count). The predicted molar refractivity (Wildman–Crippen MR) is 117 cm³/mol. The number of aromatic nitrogens is 3. The predicted octanol–water partition coefficient (Wildman–Crippen LogP) is 3.42. The molecule has 0 aliphatic carbocycles. The van der Waals surface area contributed by atoms with E-state index in [9.17, 15) is 14.3 Å². The van der Waals surface area contributed by atoms with Crippen LogP contribution < -0.4 is 4.74 Å². The highest BCUT2D eigenvalue weighted by Crippen LogP contribution is 2.29. The number of halogens is 1. The van der Waals surface area contributed by atoms with E-state index in [0.717, 1.165) is 10.8 Å². The zero-order valence-corrected chi connectivity index (χ0v) is 17.1. The van der Waals surface area contributed by atoms with Gasteiger partial charge in [-0.1, -0.05) is 24.3 Å². The Morgan fingerprint density at radius 3 is 2.91 bits per heavy atom. The maximum absolute atomic E-state index is 13.6. The van der Waals surface area contributed by atoms with Crippen LogP contribution in [0.2, 0.25) is 0 Å². The summed E-state index contributed by atoms with van der Waals surface area (Å²) < 4.78 is 19.8. The van der Waals surface area contributed by atoms with E-state index in [1.165, 1.54) is 18.3 Å². The Bertz CT molecular complexity index is 1270. The number of amides is 1. The third-order valence-corrected chi connectivity index (χ3v) is 5.71. The summed E-state index contributed by atoms with van der Waals surface area (Å²) in [5.74, 6) is 0.0109. The molecule has 1 aliphatic heterocycles. The largest absolute Gasteiger partial charge is 0.487 e. The van der Waals surface area contributed by atoms with Crippen molar-refractivity contribution in [3.05, 3.63) is 78.5 Å². The van der Waals surface area contributed by atoms with Gasteiger partial charge in [-0.3, -0.25) is 14.9 Å². The minimum Gasteiger partial charge on any atom is -0.487 e. The Kier molecular flexibility index (Phi) is 5.28. The summed E-state index contributed by atoms with van der Waals surface area (Å²) in [4.78, 5) is 18.8. The van der Waals surface area contributed by atoms with Crippen molar-refractivity contribution in [2.45, 2.75) is 18.6 Å². The van der Waals surface area contributed by atoms with Gasteiger partial charge in [-0.25, -0.2) is 4.39 Å². The first-order chi connectivity index (χ1) is 15.6. The highest BCUT2D eigenvalue weighted by atomic mass is 19.1. The smallest absolute Gasteiger partial charge is 0.257 e. The molecular weight excluding hydrogens is 411 g/mol. The number of aliphatic hydroxyl groups excluding tert-OH is 1. The second-order valence-electron chi connectivity index (χ2n) is 7.79. The summed E-state index contributed by atoms with van der Waals surface area (Å²) >= 11 is 0. The first kappa shape index (κ1) is 20.1. The molecule has 1 saturated heterocycles. The Hall–Kier alpha value is -3.78. The zero-order valence-electron chi connectivity index (χ0n) is 17.1. The van der Waals surface area contributed by atoms with Gasteiger partial charge in [0.05, 0.1) is 24.0 Å². The summed E-state index contributed by atoms with van der Waals surface area (Å²) in [6.45, 7) is 0.546. The lowest BCUT2D eigenvalue weighted by Crippen LogP contribution is -2.51. The van der Waals surface area contributed by atoms with Gasteiger partial charge in [-0.2, -0.15) is 5.10 Å². The molecule has 2 aromatic heterocycles. The average molecular weight is 432 g/mol. The van der Waals surface area contributed by atoms with E-state index in [2.05, 4.69) is 15.2 Å². The number of hydrogen-bond donors (Lipinski definition) is 2. The summed E-state index contributed by atoms with van der Waals surface area (Å²) in [5.41, 5.74) is 1.32. The van der Waals surface area contributed by atoms with Crippen LogP contribution in [-0.2, 0) is 0 Å². The van der Waals surface area contributed by atoms with Crippen molar-refractivity contribution in [2.75, 3.05) is 13.1 Å². The standard InChI is InChI=1S/C24H21FN4O3/c25-17-5-1-3-15(11-17)23-19(13-27-28-23)24(31)29-10-8-22(20(30)14-29)32-21-6-2-4-16-12-26-9-7-18(16)21/h1-7,9,11-13,20,22,30H,8,10,14H2,(H,27,28)/t20-,22-/m1/s1. The van der Waals surface area contributed by atoms with Crippen LogP contribution in [0.3, 0.4) is 0 Å². The number of β-amino-alcohol motifs (C(OH)–C–C–N with tert-alkyl or cyclic N) is 1. The molecule has 1 amide bonds. The Morgan fingerprint density at radius 2 is 2.06 bits per heavy atom. The molecule has 2 N–H and O–H groups in total. The normalized spacial score (nSPS) is 18.6. The maximum atomic E-state index is 13.6. The highest BCUT2D eigenvalue weighted by molar-refractivity contribution is 5.99. The quantitative estimate of drug-likeness (QED) is 0.516. The Labute approximate surface area is 183 Å². The van der Waals surface area contributed by atoms with E-state index in [1.807, 2.05) is 24.3 Å². The molecular formula is C24H21FN4O3. The minimum absolute atomic E-state index is 0.129. The van der Waals surface area contributed by atoms with Gasteiger partial charge in [0.15, 0.2) is 0 Å². The number of piperidine rings is 1. The number of nitrogens with zero attached hydrogens (tertiary/aromatic N) is 3. The average Bonchev–Trinajstić information content (AvgIpc) is 3.30. The van der Waals surface area contributed by atoms with E-state index in [-0.39, 0.29) is 12.5 Å². The van der Waals surface area contributed by atoms with Gasteiger partial charge in [-0.15, -0.1) is 0 Å². The number of carbonyl (C=O) groups excluding carboxylic acids is 1. The van der Waals surface area contributed by atoms with Crippen LogP contribution >= 0.6 is 0 Å². The maximum Gasteiger partial charge on any atom is 0.257 e. The number of ether oxygens (including phenoxy) is 1. The molecule has 32 heavy (non-hydrogen) atoms. The number of likely N-dealkylation sites (tertiary alicyclic amines) is 1. The van der Waals surface area contributed by atoms with Crippen LogP contribution in [0.4, 0.5) is 4.39 Å². The summed E-state index contributed by atoms with van der Waals surface area (Å²) in [7, 11) is 0. The molecule has 3 heterocycles. The number of nitrogens with one attached hydrogen (secondary N) is 1. The number of aromatic amines is 1. The van der Waals surface area contributed by atoms with Crippen molar-refractivity contribution >= 4 is 16.7 Å². The van der Waals surface area contributed by atoms with Gasteiger partial charge >= 0.3 is 0 Å². The molecule has 1 fully saturated rings. The van der Waals surface area contributed by atoms with E-state index in [0.29, 0.717) is 35.5 Å². The fourth-order valence-corrected chi connectivity index (χ4v) is 4.07. The summed E-state index contributed by atoms with van der Waals surface area (Å²) in [6.07, 6.45) is 4.08. The third kappa shape index (κ3) is 3.80. The van der Waals surface area contributed by atoms with Gasteiger partial charge < -0.3 is 14.7 Å². The van der Waals surface area contributed by atoms with E-state index in [4.69, 9.17) is 4.74 Å². The van der Waals surface area contributed by atoms with Crippen molar-refractivity contribution < 1.29 is 19.0 Å². The van der Waals surface area contributed by atoms with Crippen molar-refractivity contribution in [1.29, 1.82) is 0 Å². The molecule has 7 nitrogen and oxygen atoms in total. The number of carbonyl (C=O) groups is 1. The first-order valence-corrected chi connectivity index (χ1v) is 10.4. The van der Waals surface area contributed by atoms with Crippen molar-refractivity contribution in [3.8, 4) is 17.0 Å². The molecule has 0 bridgehead atoms. The number of hydrogen-bond acceptors (Lipinski definition) is 5. The number of fused-ring (bicyclic) bond motifs is 1. The van der Waals surface area contributed by atoms with Gasteiger partial charge in [0.2, 0.25) is 0 Å². The molecule has 162 valence electrons. The Balaban J connectivity index is 1.31. The van der Waals surface area contributed by atoms with Crippen LogP contribution in [0.25, 0.3) is 22.0 Å². The zero-order chi connectivity index (χ0) is 22.1. The monoisotopic (exact) mass is 432 g/mol. The second kappa shape index (κ2) is 8.39. The molecule has 4 aromatic rings. The topological polar surface area (TPSA) is 91.3 Å². The van der Waals surface area contributed by atoms with Gasteiger partial charge in [0.1, 0.15) is 23.8 Å². The lowest BCUT2D eigenvalue weighted by atomic mass is 10.0. The van der Waals surface area contributed by atoms with Gasteiger partial charge in [0, 0.05) is 41.7 Å². The lowest BCUT2D eigenvalue weighted by molar-refractivity contribution is -0.0192. The fourth-order valence-electron chi connectivity index (χ4n) is 4.07. The number of H-pyrrole nitrogens is 1. The Morgan fingerprint density at radius 1 is 1.19 bits per heavy atom. The number of pyridine rings is 1. The molecule has 1 aliphatic rings. The van der Waals surface area contributed by atoms with Crippen LogP contribution in [0.1, 0.15) is 16.8 Å². The lowest BCUT2D eigenvalue weighted by Gasteiger charge is -2.36. The molecule has 0 spiro atoms. The van der Waals surface area contributed by atoms with Crippen LogP contribution in [0.15, 0.2) is 67.1 Å². The van der Waals surface area contributed by atoms with Crippen LogP contribution in [-0.4, -0.2) is 56.4 Å². The van der Waals surface area contributed by atoms with E-state index < -0.39 is 18.0 Å². The SMILES string of the molecule is O=C(c1cn[nH]c1-c1cccc(F)c1)N1CC[C@@H](Oc2cccc3cnccc23)[C@H](O)C1. The van der Waals surface area contributed by atoms with Gasteiger partial charge in [0.25, 0.3) is 5.91 Å². The molecule has 2 aromatic carbocycles. The van der Waals surface area contributed by atoms with Crippen LogP contribution in [0.5, 0.6) is 5.75 Å². The highest BCUT2D eigenvalue weighted by Gasteiger charge is 2.33. The molecule has 0 radical (unpaired) electrons. The molecule has 0 unspecified atom stereocenters. The minimum atomic E-state index is -0.852. The van der Waals surface area contributed by atoms with Crippen molar-refractivity contribution in [1.82, 2.24) is 20.1 Å². The van der Waals surface area contributed by atoms with Crippen LogP contribution in [0, 0.1) is 5.82 Å². The second-order valence-corrected chi connectivity index (χ2v) is 7.79. The fraction of sp³-hybridized carbons (Fsp3) is 0.208. The third-order valence-electron chi connectivity index (χ3n) is 5.71. The number of rotatable bonds is 4. The van der Waals surface area contributed by atoms with Gasteiger partial charge in [-0.05, 0) is 24.3 Å². The van der Waals surface area contributed by atoms with E-state index >= 15 is 0 Å². The first-order valence-electron chi connectivity index (χ1n) is 10.4. The summed E-state index contributed by atoms with van der Waals surface area (Å²) in [6, 6.07) is 13.6. The van der Waals surface area contributed by atoms with Crippen molar-refractivity contribution in [2.24, 2.45) is 0 Å². The number of aliphatic hydroxyl groups is 1. The van der Waals surface area contributed by atoms with Crippen molar-refractivity contribution in [3.63, 3.8) is 0 Å². The molecule has 0 saturated carbocycles. The molecule has 8 heteroatoms. The summed E-state index contributed by atoms with van der Waals surface area (Å²) in [5, 5.41) is 19.4. The number of benzene rings is 2.